The molecule has 3 rings (SSSR count). The van der Waals surface area contributed by atoms with E-state index in [9.17, 15) is 4.79 Å². The summed E-state index contributed by atoms with van der Waals surface area (Å²) in [5.41, 5.74) is 7.08. The maximum Gasteiger partial charge on any atom is 0.223 e. The highest BCUT2D eigenvalue weighted by atomic mass is 16.1. The Kier molecular flexibility index (Phi) is 4.77. The van der Waals surface area contributed by atoms with Gasteiger partial charge in [-0.2, -0.15) is 0 Å². The van der Waals surface area contributed by atoms with Crippen molar-refractivity contribution in [2.24, 2.45) is 28.9 Å². The van der Waals surface area contributed by atoms with Crippen LogP contribution in [0.1, 0.15) is 71.3 Å². The van der Waals surface area contributed by atoms with Gasteiger partial charge >= 0.3 is 0 Å². The number of benzene rings is 1. The van der Waals surface area contributed by atoms with Gasteiger partial charge in [-0.1, -0.05) is 63.9 Å². The number of primary amides is 1. The molecule has 1 aromatic carbocycles. The first kappa shape index (κ1) is 17.5. The van der Waals surface area contributed by atoms with Crippen molar-refractivity contribution in [2.45, 2.75) is 71.1 Å². The summed E-state index contributed by atoms with van der Waals surface area (Å²) < 4.78 is 0. The van der Waals surface area contributed by atoms with Gasteiger partial charge in [0, 0.05) is 5.41 Å². The van der Waals surface area contributed by atoms with Crippen molar-refractivity contribution in [3.63, 3.8) is 0 Å². The van der Waals surface area contributed by atoms with Crippen LogP contribution in [0.4, 0.5) is 0 Å². The van der Waals surface area contributed by atoms with E-state index in [0.717, 1.165) is 24.7 Å². The minimum absolute atomic E-state index is 0.101. The second-order valence-corrected chi connectivity index (χ2v) is 8.90. The van der Waals surface area contributed by atoms with Crippen molar-refractivity contribution < 1.29 is 4.79 Å². The molecule has 1 amide bonds. The first-order chi connectivity index (χ1) is 11.4. The van der Waals surface area contributed by atoms with Gasteiger partial charge in [0.1, 0.15) is 0 Å². The van der Waals surface area contributed by atoms with Crippen LogP contribution in [0.25, 0.3) is 0 Å². The minimum atomic E-state index is -0.358. The van der Waals surface area contributed by atoms with E-state index in [2.05, 4.69) is 51.1 Å². The summed E-state index contributed by atoms with van der Waals surface area (Å²) in [4.78, 5) is 12.3. The molecule has 0 spiro atoms. The zero-order valence-electron chi connectivity index (χ0n) is 15.6. The summed E-state index contributed by atoms with van der Waals surface area (Å²) in [7, 11) is 0. The molecular weight excluding hydrogens is 294 g/mol. The van der Waals surface area contributed by atoms with Crippen molar-refractivity contribution in [3.8, 4) is 0 Å². The normalized spacial score (nSPS) is 38.7. The molecular formula is C22H33NO. The third-order valence-electron chi connectivity index (χ3n) is 7.02. The van der Waals surface area contributed by atoms with Crippen molar-refractivity contribution >= 4 is 5.91 Å². The Morgan fingerprint density at radius 3 is 2.54 bits per heavy atom. The van der Waals surface area contributed by atoms with E-state index in [1.807, 2.05) is 0 Å². The van der Waals surface area contributed by atoms with Crippen LogP contribution >= 0.6 is 0 Å². The monoisotopic (exact) mass is 327 g/mol. The Labute approximate surface area is 147 Å². The molecule has 5 atom stereocenters. The molecule has 1 aromatic rings. The lowest BCUT2D eigenvalue weighted by atomic mass is 9.47. The van der Waals surface area contributed by atoms with Gasteiger partial charge in [0.05, 0.1) is 0 Å². The van der Waals surface area contributed by atoms with E-state index in [1.165, 1.54) is 37.7 Å². The van der Waals surface area contributed by atoms with Gasteiger partial charge < -0.3 is 5.73 Å². The number of amides is 1. The lowest BCUT2D eigenvalue weighted by Crippen LogP contribution is -2.53. The summed E-state index contributed by atoms with van der Waals surface area (Å²) in [6, 6.07) is 10.9. The average Bonchev–Trinajstić information content (AvgIpc) is 2.54. The summed E-state index contributed by atoms with van der Waals surface area (Å²) >= 11 is 0. The maximum atomic E-state index is 12.3. The highest BCUT2D eigenvalue weighted by molar-refractivity contribution is 5.80. The number of nitrogens with two attached hydrogens (primary N) is 1. The van der Waals surface area contributed by atoms with Crippen LogP contribution in [0.15, 0.2) is 30.3 Å². The van der Waals surface area contributed by atoms with Gasteiger partial charge in [-0.05, 0) is 60.8 Å². The van der Waals surface area contributed by atoms with E-state index < -0.39 is 0 Å². The Balaban J connectivity index is 1.98. The molecule has 0 saturated heterocycles. The fourth-order valence-electron chi connectivity index (χ4n) is 6.01. The molecule has 2 aliphatic carbocycles. The summed E-state index contributed by atoms with van der Waals surface area (Å²) in [5, 5.41) is 0. The third kappa shape index (κ3) is 3.00. The van der Waals surface area contributed by atoms with E-state index >= 15 is 0 Å². The summed E-state index contributed by atoms with van der Waals surface area (Å²) in [6.07, 6.45) is 8.20. The third-order valence-corrected chi connectivity index (χ3v) is 7.02. The molecule has 5 unspecified atom stereocenters. The molecule has 0 radical (unpaired) electrons. The predicted molar refractivity (Wildman–Crippen MR) is 99.6 cm³/mol. The average molecular weight is 328 g/mol. The number of hydrogen-bond donors (Lipinski definition) is 1. The predicted octanol–water partition coefficient (Wildman–Crippen LogP) is 5.06. The van der Waals surface area contributed by atoms with Crippen LogP contribution in [0.5, 0.6) is 0 Å². The second-order valence-electron chi connectivity index (χ2n) is 8.90. The first-order valence-corrected chi connectivity index (χ1v) is 9.76. The van der Waals surface area contributed by atoms with Crippen LogP contribution in [-0.2, 0) is 10.2 Å². The number of fused-ring (bicyclic) bond motifs is 2. The molecule has 0 aliphatic heterocycles. The maximum absolute atomic E-state index is 12.3. The first-order valence-electron chi connectivity index (χ1n) is 9.76. The lowest BCUT2D eigenvalue weighted by molar-refractivity contribution is -0.135. The van der Waals surface area contributed by atoms with Crippen LogP contribution in [0.2, 0.25) is 0 Å². The highest BCUT2D eigenvalue weighted by Crippen LogP contribution is 2.60. The molecule has 0 aromatic heterocycles. The van der Waals surface area contributed by atoms with Gasteiger partial charge in [-0.15, -0.1) is 0 Å². The Morgan fingerprint density at radius 2 is 1.92 bits per heavy atom. The molecule has 2 heteroatoms. The van der Waals surface area contributed by atoms with E-state index in [-0.39, 0.29) is 16.7 Å². The minimum Gasteiger partial charge on any atom is -0.369 e. The van der Waals surface area contributed by atoms with Gasteiger partial charge in [-0.3, -0.25) is 4.79 Å². The van der Waals surface area contributed by atoms with Crippen LogP contribution < -0.4 is 5.73 Å². The zero-order valence-corrected chi connectivity index (χ0v) is 15.6. The molecule has 132 valence electrons. The number of hydrogen-bond acceptors (Lipinski definition) is 1. The molecule has 2 N–H and O–H groups in total. The second kappa shape index (κ2) is 6.54. The smallest absolute Gasteiger partial charge is 0.223 e. The van der Waals surface area contributed by atoms with Crippen LogP contribution in [-0.4, -0.2) is 5.91 Å². The number of unbranched alkanes of at least 4 members (excludes halogenated alkanes) is 1. The Hall–Kier alpha value is -1.31. The largest absolute Gasteiger partial charge is 0.369 e. The van der Waals surface area contributed by atoms with Crippen molar-refractivity contribution in [1.29, 1.82) is 0 Å². The molecule has 2 fully saturated rings. The van der Waals surface area contributed by atoms with Crippen LogP contribution in [0, 0.1) is 23.2 Å². The van der Waals surface area contributed by atoms with Gasteiger partial charge in [-0.25, -0.2) is 0 Å². The Morgan fingerprint density at radius 1 is 1.21 bits per heavy atom. The number of carbonyl (C=O) groups excluding carboxylic acids is 1. The number of rotatable bonds is 5. The molecule has 2 nitrogen and oxygen atoms in total. The van der Waals surface area contributed by atoms with Crippen molar-refractivity contribution in [3.05, 3.63) is 35.9 Å². The van der Waals surface area contributed by atoms with E-state index in [0.29, 0.717) is 5.92 Å². The van der Waals surface area contributed by atoms with E-state index in [1.54, 1.807) is 0 Å². The fourth-order valence-corrected chi connectivity index (χ4v) is 6.01. The van der Waals surface area contributed by atoms with Gasteiger partial charge in [0.25, 0.3) is 0 Å². The zero-order chi connectivity index (χ0) is 17.4. The number of carbonyl (C=O) groups is 1. The van der Waals surface area contributed by atoms with Crippen molar-refractivity contribution in [1.82, 2.24) is 0 Å². The topological polar surface area (TPSA) is 43.1 Å². The molecule has 2 saturated carbocycles. The SMILES string of the molecule is CCCCC1C(C)CC2(c3ccccc3)CC1CC(C)(C(N)=O)C2. The fraction of sp³-hybridized carbons (Fsp3) is 0.682. The highest BCUT2D eigenvalue weighted by Gasteiger charge is 2.55. The van der Waals surface area contributed by atoms with Gasteiger partial charge in [0.15, 0.2) is 0 Å². The van der Waals surface area contributed by atoms with Crippen LogP contribution in [0.3, 0.4) is 0 Å². The molecule has 2 aliphatic rings. The summed E-state index contributed by atoms with van der Waals surface area (Å²) in [5.74, 6) is 2.01. The van der Waals surface area contributed by atoms with Gasteiger partial charge in [0.2, 0.25) is 5.91 Å². The summed E-state index contributed by atoms with van der Waals surface area (Å²) in [6.45, 7) is 6.83. The standard InChI is InChI=1S/C22H33NO/c1-4-5-11-19-16(2)12-22(18-9-7-6-8-10-18)14-17(19)13-21(3,15-22)20(23)24/h6-10,16-17,19H,4-5,11-15H2,1-3H3,(H2,23,24). The molecule has 24 heavy (non-hydrogen) atoms. The molecule has 2 bridgehead atoms. The Bertz CT molecular complexity index is 579. The lowest BCUT2D eigenvalue weighted by Gasteiger charge is -2.57. The van der Waals surface area contributed by atoms with E-state index in [4.69, 9.17) is 5.73 Å². The quantitative estimate of drug-likeness (QED) is 0.807. The molecule has 0 heterocycles. The van der Waals surface area contributed by atoms with Crippen molar-refractivity contribution in [2.75, 3.05) is 0 Å².